The molecule has 0 bridgehead atoms. The Labute approximate surface area is 148 Å². The summed E-state index contributed by atoms with van der Waals surface area (Å²) in [6.07, 6.45) is 0.824. The Hall–Kier alpha value is -1.92. The largest absolute Gasteiger partial charge is 0.467 e. The summed E-state index contributed by atoms with van der Waals surface area (Å²) in [6, 6.07) is 10.5. The number of rotatable bonds is 5. The fraction of sp³-hybridized carbons (Fsp3) is 0.278. The van der Waals surface area contributed by atoms with Gasteiger partial charge in [-0.15, -0.1) is 0 Å². The van der Waals surface area contributed by atoms with Gasteiger partial charge in [-0.05, 0) is 41.8 Å². The van der Waals surface area contributed by atoms with Crippen LogP contribution >= 0.6 is 15.9 Å². The number of ether oxygens (including phenoxy) is 2. The fourth-order valence-electron chi connectivity index (χ4n) is 2.63. The number of amides is 1. The van der Waals surface area contributed by atoms with Crippen LogP contribution < -0.4 is 10.1 Å². The molecule has 1 amide bonds. The average molecular weight is 394 g/mol. The smallest absolute Gasteiger partial charge is 0.224 e. The number of hydrogen-bond donors (Lipinski definition) is 1. The molecule has 126 valence electrons. The number of carbonyl (C=O) groups is 1. The molecule has 0 radical (unpaired) electrons. The second kappa shape index (κ2) is 7.77. The van der Waals surface area contributed by atoms with E-state index in [0.717, 1.165) is 15.6 Å². The Kier molecular flexibility index (Phi) is 5.48. The summed E-state index contributed by atoms with van der Waals surface area (Å²) >= 11 is 3.36. The van der Waals surface area contributed by atoms with Crippen LogP contribution in [0.5, 0.6) is 5.75 Å². The lowest BCUT2D eigenvalue weighted by Crippen LogP contribution is -2.27. The Morgan fingerprint density at radius 1 is 1.25 bits per heavy atom. The number of halogens is 2. The number of benzene rings is 2. The van der Waals surface area contributed by atoms with Gasteiger partial charge in [0, 0.05) is 16.6 Å². The topological polar surface area (TPSA) is 47.6 Å². The molecule has 6 heteroatoms. The summed E-state index contributed by atoms with van der Waals surface area (Å²) in [7, 11) is 0. The van der Waals surface area contributed by atoms with Gasteiger partial charge in [0.2, 0.25) is 5.91 Å². The molecule has 0 aromatic heterocycles. The van der Waals surface area contributed by atoms with E-state index in [-0.39, 0.29) is 18.5 Å². The molecule has 24 heavy (non-hydrogen) atoms. The minimum absolute atomic E-state index is 0.0631. The zero-order chi connectivity index (χ0) is 16.9. The lowest BCUT2D eigenvalue weighted by atomic mass is 10.1. The van der Waals surface area contributed by atoms with Crippen molar-refractivity contribution >= 4 is 21.8 Å². The normalized spacial score (nSPS) is 13.1. The van der Waals surface area contributed by atoms with Gasteiger partial charge in [-0.25, -0.2) is 4.39 Å². The van der Waals surface area contributed by atoms with Crippen molar-refractivity contribution < 1.29 is 18.7 Å². The molecule has 0 atom stereocenters. The maximum atomic E-state index is 13.7. The first kappa shape index (κ1) is 16.9. The molecule has 2 aromatic rings. The van der Waals surface area contributed by atoms with E-state index >= 15 is 0 Å². The summed E-state index contributed by atoms with van der Waals surface area (Å²) in [5.41, 5.74) is 2.40. The highest BCUT2D eigenvalue weighted by atomic mass is 79.9. The van der Waals surface area contributed by atoms with Gasteiger partial charge in [0.1, 0.15) is 11.6 Å². The molecule has 0 spiro atoms. The zero-order valence-electron chi connectivity index (χ0n) is 13.0. The number of nitrogens with one attached hydrogen (secondary N) is 1. The average Bonchev–Trinajstić information content (AvgIpc) is 2.57. The van der Waals surface area contributed by atoms with E-state index in [1.807, 2.05) is 24.3 Å². The summed E-state index contributed by atoms with van der Waals surface area (Å²) < 4.78 is 25.3. The zero-order valence-corrected chi connectivity index (χ0v) is 14.6. The van der Waals surface area contributed by atoms with E-state index in [2.05, 4.69) is 21.2 Å². The van der Waals surface area contributed by atoms with Gasteiger partial charge in [-0.3, -0.25) is 4.79 Å². The van der Waals surface area contributed by atoms with Crippen LogP contribution in [0.15, 0.2) is 40.9 Å². The fourth-order valence-corrected chi connectivity index (χ4v) is 2.89. The van der Waals surface area contributed by atoms with E-state index in [1.165, 1.54) is 12.1 Å². The van der Waals surface area contributed by atoms with Gasteiger partial charge in [0.05, 0.1) is 13.0 Å². The minimum Gasteiger partial charge on any atom is -0.467 e. The van der Waals surface area contributed by atoms with E-state index in [1.54, 1.807) is 0 Å². The second-order valence-corrected chi connectivity index (χ2v) is 6.48. The van der Waals surface area contributed by atoms with Crippen LogP contribution in [0.25, 0.3) is 0 Å². The molecule has 1 aliphatic rings. The van der Waals surface area contributed by atoms with Gasteiger partial charge in [-0.1, -0.05) is 28.1 Å². The van der Waals surface area contributed by atoms with Crippen molar-refractivity contribution in [2.24, 2.45) is 0 Å². The van der Waals surface area contributed by atoms with E-state index in [0.29, 0.717) is 37.3 Å². The molecule has 1 aliphatic heterocycles. The first-order valence-electron chi connectivity index (χ1n) is 7.65. The highest BCUT2D eigenvalue weighted by Gasteiger charge is 2.16. The van der Waals surface area contributed by atoms with Crippen molar-refractivity contribution in [1.82, 2.24) is 5.32 Å². The molecule has 1 N–H and O–H groups in total. The van der Waals surface area contributed by atoms with Gasteiger partial charge in [0.25, 0.3) is 0 Å². The molecule has 0 aliphatic carbocycles. The minimum atomic E-state index is -0.320. The SMILES string of the molecule is O=C(Cc1ccc(Br)cc1)NCCc1cc(F)cc2c1OCOC2. The lowest BCUT2D eigenvalue weighted by molar-refractivity contribution is -0.120. The molecule has 0 saturated carbocycles. The highest BCUT2D eigenvalue weighted by molar-refractivity contribution is 9.10. The standard InChI is InChI=1S/C18H17BrFNO3/c19-15-3-1-12(2-4-15)7-17(22)21-6-5-13-8-16(20)9-14-10-23-11-24-18(13)14/h1-4,8-9H,5-7,10-11H2,(H,21,22). The summed E-state index contributed by atoms with van der Waals surface area (Å²) in [5, 5.41) is 2.86. The Morgan fingerprint density at radius 3 is 2.83 bits per heavy atom. The van der Waals surface area contributed by atoms with Crippen molar-refractivity contribution in [2.75, 3.05) is 13.3 Å². The third-order valence-corrected chi connectivity index (χ3v) is 4.27. The van der Waals surface area contributed by atoms with E-state index in [9.17, 15) is 9.18 Å². The van der Waals surface area contributed by atoms with Crippen LogP contribution in [0.2, 0.25) is 0 Å². The molecule has 3 rings (SSSR count). The predicted molar refractivity (Wildman–Crippen MR) is 91.2 cm³/mol. The van der Waals surface area contributed by atoms with Gasteiger partial charge in [-0.2, -0.15) is 0 Å². The molecular weight excluding hydrogens is 377 g/mol. The Balaban J connectivity index is 1.55. The van der Waals surface area contributed by atoms with Crippen molar-refractivity contribution in [3.8, 4) is 5.75 Å². The molecule has 1 heterocycles. The molecule has 2 aromatic carbocycles. The monoisotopic (exact) mass is 393 g/mol. The van der Waals surface area contributed by atoms with E-state index < -0.39 is 0 Å². The van der Waals surface area contributed by atoms with Gasteiger partial charge in [0.15, 0.2) is 6.79 Å². The quantitative estimate of drug-likeness (QED) is 0.846. The maximum Gasteiger partial charge on any atom is 0.224 e. The summed E-state index contributed by atoms with van der Waals surface area (Å²) in [5.74, 6) is 0.288. The first-order chi connectivity index (χ1) is 11.6. The van der Waals surface area contributed by atoms with Crippen LogP contribution in [0, 0.1) is 5.82 Å². The van der Waals surface area contributed by atoms with Crippen LogP contribution in [0.1, 0.15) is 16.7 Å². The molecular formula is C18H17BrFNO3. The van der Waals surface area contributed by atoms with Gasteiger partial charge >= 0.3 is 0 Å². The second-order valence-electron chi connectivity index (χ2n) is 5.57. The highest BCUT2D eigenvalue weighted by Crippen LogP contribution is 2.29. The summed E-state index contributed by atoms with van der Waals surface area (Å²) in [4.78, 5) is 12.0. The van der Waals surface area contributed by atoms with Crippen LogP contribution in [-0.4, -0.2) is 19.2 Å². The lowest BCUT2D eigenvalue weighted by Gasteiger charge is -2.21. The third-order valence-electron chi connectivity index (χ3n) is 3.75. The molecule has 0 saturated heterocycles. The molecule has 0 unspecified atom stereocenters. The Bertz CT molecular complexity index is 734. The van der Waals surface area contributed by atoms with Crippen LogP contribution in [0.3, 0.4) is 0 Å². The van der Waals surface area contributed by atoms with E-state index in [4.69, 9.17) is 9.47 Å². The molecule has 4 nitrogen and oxygen atoms in total. The third kappa shape index (κ3) is 4.33. The number of fused-ring (bicyclic) bond motifs is 1. The first-order valence-corrected chi connectivity index (χ1v) is 8.44. The Morgan fingerprint density at radius 2 is 2.04 bits per heavy atom. The van der Waals surface area contributed by atoms with Crippen molar-refractivity contribution in [1.29, 1.82) is 0 Å². The van der Waals surface area contributed by atoms with Crippen molar-refractivity contribution in [3.05, 3.63) is 63.4 Å². The van der Waals surface area contributed by atoms with Crippen molar-refractivity contribution in [2.45, 2.75) is 19.4 Å². The van der Waals surface area contributed by atoms with Crippen LogP contribution in [0.4, 0.5) is 4.39 Å². The van der Waals surface area contributed by atoms with Crippen LogP contribution in [-0.2, 0) is 29.0 Å². The number of hydrogen-bond acceptors (Lipinski definition) is 3. The summed E-state index contributed by atoms with van der Waals surface area (Å²) in [6.45, 7) is 0.938. The van der Waals surface area contributed by atoms with Crippen molar-refractivity contribution in [3.63, 3.8) is 0 Å². The van der Waals surface area contributed by atoms with Gasteiger partial charge < -0.3 is 14.8 Å². The predicted octanol–water partition coefficient (Wildman–Crippen LogP) is 3.36. The maximum absolute atomic E-state index is 13.7. The molecule has 0 fully saturated rings. The number of carbonyl (C=O) groups excluding carboxylic acids is 1.